The number of rotatable bonds is 11. The summed E-state index contributed by atoms with van der Waals surface area (Å²) in [4.78, 5) is 4.58. The SMILES string of the molecule is CCNC(=NCCCOCCOC)NCCC1=CCCCC1. The van der Waals surface area contributed by atoms with Gasteiger partial charge in [0.25, 0.3) is 0 Å². The van der Waals surface area contributed by atoms with Gasteiger partial charge in [-0.2, -0.15) is 0 Å². The predicted octanol–water partition coefficient (Wildman–Crippen LogP) is 2.49. The molecule has 0 saturated heterocycles. The molecule has 128 valence electrons. The van der Waals surface area contributed by atoms with Gasteiger partial charge in [-0.3, -0.25) is 4.99 Å². The molecule has 1 rings (SSSR count). The molecular weight excluding hydrogens is 278 g/mol. The van der Waals surface area contributed by atoms with Gasteiger partial charge in [-0.15, -0.1) is 0 Å². The van der Waals surface area contributed by atoms with Gasteiger partial charge in [0.15, 0.2) is 5.96 Å². The highest BCUT2D eigenvalue weighted by Crippen LogP contribution is 2.19. The van der Waals surface area contributed by atoms with Crippen LogP contribution in [0.5, 0.6) is 0 Å². The predicted molar refractivity (Wildman–Crippen MR) is 92.5 cm³/mol. The van der Waals surface area contributed by atoms with Crippen LogP contribution in [0.1, 0.15) is 45.4 Å². The Hall–Kier alpha value is -1.07. The Morgan fingerprint density at radius 2 is 2.14 bits per heavy atom. The minimum atomic E-state index is 0.656. The summed E-state index contributed by atoms with van der Waals surface area (Å²) in [5.74, 6) is 0.913. The maximum Gasteiger partial charge on any atom is 0.191 e. The molecule has 0 bridgehead atoms. The molecule has 0 heterocycles. The zero-order chi connectivity index (χ0) is 15.9. The van der Waals surface area contributed by atoms with Gasteiger partial charge in [0.05, 0.1) is 13.2 Å². The van der Waals surface area contributed by atoms with E-state index < -0.39 is 0 Å². The number of methoxy groups -OCH3 is 1. The molecule has 0 saturated carbocycles. The number of hydrogen-bond donors (Lipinski definition) is 2. The molecule has 0 aromatic heterocycles. The fourth-order valence-corrected chi connectivity index (χ4v) is 2.42. The molecule has 0 aromatic carbocycles. The van der Waals surface area contributed by atoms with Gasteiger partial charge in [0.2, 0.25) is 0 Å². The van der Waals surface area contributed by atoms with Crippen LogP contribution >= 0.6 is 0 Å². The van der Waals surface area contributed by atoms with E-state index >= 15 is 0 Å². The molecule has 1 aliphatic carbocycles. The summed E-state index contributed by atoms with van der Waals surface area (Å²) in [6.07, 6.45) is 9.71. The van der Waals surface area contributed by atoms with E-state index in [1.807, 2.05) is 0 Å². The number of allylic oxidation sites excluding steroid dienone is 1. The molecule has 0 aliphatic heterocycles. The monoisotopic (exact) mass is 311 g/mol. The van der Waals surface area contributed by atoms with Crippen LogP contribution in [-0.4, -0.2) is 52.5 Å². The van der Waals surface area contributed by atoms with Crippen molar-refractivity contribution in [3.8, 4) is 0 Å². The minimum Gasteiger partial charge on any atom is -0.382 e. The summed E-state index contributed by atoms with van der Waals surface area (Å²) in [5.41, 5.74) is 1.60. The largest absolute Gasteiger partial charge is 0.382 e. The molecule has 5 nitrogen and oxygen atoms in total. The lowest BCUT2D eigenvalue weighted by Gasteiger charge is -2.15. The first-order valence-corrected chi connectivity index (χ1v) is 8.63. The van der Waals surface area contributed by atoms with Crippen molar-refractivity contribution < 1.29 is 9.47 Å². The van der Waals surface area contributed by atoms with Crippen LogP contribution in [0, 0.1) is 0 Å². The van der Waals surface area contributed by atoms with E-state index in [1.54, 1.807) is 12.7 Å². The van der Waals surface area contributed by atoms with Crippen molar-refractivity contribution >= 4 is 5.96 Å². The Labute approximate surface area is 135 Å². The summed E-state index contributed by atoms with van der Waals surface area (Å²) in [7, 11) is 1.69. The van der Waals surface area contributed by atoms with Crippen LogP contribution in [0.2, 0.25) is 0 Å². The third-order valence-electron chi connectivity index (χ3n) is 3.62. The van der Waals surface area contributed by atoms with E-state index in [4.69, 9.17) is 9.47 Å². The lowest BCUT2D eigenvalue weighted by Crippen LogP contribution is -2.38. The summed E-state index contributed by atoms with van der Waals surface area (Å²) < 4.78 is 10.4. The zero-order valence-electron chi connectivity index (χ0n) is 14.3. The summed E-state index contributed by atoms with van der Waals surface area (Å²) in [6.45, 7) is 6.77. The van der Waals surface area contributed by atoms with Crippen LogP contribution in [0.15, 0.2) is 16.6 Å². The molecule has 0 amide bonds. The second kappa shape index (κ2) is 13.6. The number of aliphatic imine (C=N–C) groups is 1. The number of hydrogen-bond acceptors (Lipinski definition) is 3. The first-order valence-electron chi connectivity index (χ1n) is 8.63. The van der Waals surface area contributed by atoms with Gasteiger partial charge in [-0.05, 0) is 45.4 Å². The molecule has 5 heteroatoms. The third-order valence-corrected chi connectivity index (χ3v) is 3.62. The lowest BCUT2D eigenvalue weighted by atomic mass is 9.97. The molecule has 0 spiro atoms. The fourth-order valence-electron chi connectivity index (χ4n) is 2.42. The molecule has 0 atom stereocenters. The Morgan fingerprint density at radius 1 is 1.23 bits per heavy atom. The first kappa shape index (κ1) is 19.0. The average Bonchev–Trinajstić information content (AvgIpc) is 2.55. The smallest absolute Gasteiger partial charge is 0.191 e. The standard InChI is InChI=1S/C17H33N3O2/c1-3-18-17(19-11-7-13-22-15-14-21-2)20-12-10-16-8-5-4-6-9-16/h8H,3-7,9-15H2,1-2H3,(H2,18,19,20). The van der Waals surface area contributed by atoms with E-state index in [0.29, 0.717) is 13.2 Å². The highest BCUT2D eigenvalue weighted by Gasteiger charge is 2.03. The van der Waals surface area contributed by atoms with Gasteiger partial charge in [0.1, 0.15) is 0 Å². The van der Waals surface area contributed by atoms with Crippen molar-refractivity contribution in [2.75, 3.05) is 46.6 Å². The van der Waals surface area contributed by atoms with E-state index in [0.717, 1.165) is 45.0 Å². The Bertz CT molecular complexity index is 330. The molecule has 0 fully saturated rings. The van der Waals surface area contributed by atoms with Gasteiger partial charge < -0.3 is 20.1 Å². The van der Waals surface area contributed by atoms with Gasteiger partial charge in [-0.1, -0.05) is 11.6 Å². The van der Waals surface area contributed by atoms with E-state index in [1.165, 1.54) is 25.7 Å². The molecule has 0 aromatic rings. The van der Waals surface area contributed by atoms with Crippen LogP contribution in [0.4, 0.5) is 0 Å². The quantitative estimate of drug-likeness (QED) is 0.266. The third kappa shape index (κ3) is 9.79. The average molecular weight is 311 g/mol. The lowest BCUT2D eigenvalue weighted by molar-refractivity contribution is 0.0702. The van der Waals surface area contributed by atoms with Crippen LogP contribution in [0.3, 0.4) is 0 Å². The summed E-state index contributed by atoms with van der Waals surface area (Å²) >= 11 is 0. The molecular formula is C17H33N3O2. The topological polar surface area (TPSA) is 54.9 Å². The molecule has 0 unspecified atom stereocenters. The Morgan fingerprint density at radius 3 is 2.86 bits per heavy atom. The fraction of sp³-hybridized carbons (Fsp3) is 0.824. The van der Waals surface area contributed by atoms with Crippen molar-refractivity contribution in [3.05, 3.63) is 11.6 Å². The van der Waals surface area contributed by atoms with Gasteiger partial charge in [0, 0.05) is 33.4 Å². The maximum absolute atomic E-state index is 5.43. The van der Waals surface area contributed by atoms with Crippen molar-refractivity contribution in [3.63, 3.8) is 0 Å². The first-order chi connectivity index (χ1) is 10.9. The van der Waals surface area contributed by atoms with Crippen LogP contribution in [0.25, 0.3) is 0 Å². The van der Waals surface area contributed by atoms with Crippen molar-refractivity contribution in [2.24, 2.45) is 4.99 Å². The number of guanidine groups is 1. The van der Waals surface area contributed by atoms with Crippen molar-refractivity contribution in [2.45, 2.75) is 45.4 Å². The highest BCUT2D eigenvalue weighted by molar-refractivity contribution is 5.79. The highest BCUT2D eigenvalue weighted by atomic mass is 16.5. The van der Waals surface area contributed by atoms with Crippen molar-refractivity contribution in [1.29, 1.82) is 0 Å². The molecule has 1 aliphatic rings. The summed E-state index contributed by atoms with van der Waals surface area (Å²) in [6, 6.07) is 0. The van der Waals surface area contributed by atoms with Crippen LogP contribution < -0.4 is 10.6 Å². The number of ether oxygens (including phenoxy) is 2. The van der Waals surface area contributed by atoms with Crippen LogP contribution in [-0.2, 0) is 9.47 Å². The zero-order valence-corrected chi connectivity index (χ0v) is 14.3. The second-order valence-electron chi connectivity index (χ2n) is 5.50. The van der Waals surface area contributed by atoms with Crippen molar-refractivity contribution in [1.82, 2.24) is 10.6 Å². The Kier molecular flexibility index (Phi) is 11.7. The molecule has 0 radical (unpaired) electrons. The Balaban J connectivity index is 2.13. The minimum absolute atomic E-state index is 0.656. The van der Waals surface area contributed by atoms with E-state index in [2.05, 4.69) is 28.6 Å². The normalized spacial score (nSPS) is 15.5. The van der Waals surface area contributed by atoms with E-state index in [-0.39, 0.29) is 0 Å². The van der Waals surface area contributed by atoms with Gasteiger partial charge in [-0.25, -0.2) is 0 Å². The number of nitrogens with one attached hydrogen (secondary N) is 2. The number of nitrogens with zero attached hydrogens (tertiary/aromatic N) is 1. The molecule has 22 heavy (non-hydrogen) atoms. The molecule has 2 N–H and O–H groups in total. The maximum atomic E-state index is 5.43. The van der Waals surface area contributed by atoms with E-state index in [9.17, 15) is 0 Å². The summed E-state index contributed by atoms with van der Waals surface area (Å²) in [5, 5.41) is 6.71. The van der Waals surface area contributed by atoms with Gasteiger partial charge >= 0.3 is 0 Å². The second-order valence-corrected chi connectivity index (χ2v) is 5.50.